The van der Waals surface area contributed by atoms with Gasteiger partial charge in [0.25, 0.3) is 0 Å². The average Bonchev–Trinajstić information content (AvgIpc) is 2.70. The number of aryl methyl sites for hydroxylation is 1. The molecule has 3 nitrogen and oxygen atoms in total. The fourth-order valence-electron chi connectivity index (χ4n) is 4.32. The van der Waals surface area contributed by atoms with Crippen LogP contribution in [0.15, 0.2) is 42.2 Å². The molecule has 0 radical (unpaired) electrons. The van der Waals surface area contributed by atoms with Crippen molar-refractivity contribution in [2.75, 3.05) is 7.11 Å². The van der Waals surface area contributed by atoms with Gasteiger partial charge in [0.1, 0.15) is 11.5 Å². The van der Waals surface area contributed by atoms with Crippen LogP contribution in [-0.4, -0.2) is 18.0 Å². The Balaban J connectivity index is 2.12. The van der Waals surface area contributed by atoms with Crippen molar-refractivity contribution in [3.05, 3.63) is 58.3 Å². The summed E-state index contributed by atoms with van der Waals surface area (Å²) < 4.78 is 5.32. The van der Waals surface area contributed by atoms with E-state index in [-0.39, 0.29) is 17.0 Å². The van der Waals surface area contributed by atoms with Crippen molar-refractivity contribution in [3.8, 4) is 16.9 Å². The predicted octanol–water partition coefficient (Wildman–Crippen LogP) is 7.15. The number of methoxy groups -OCH3 is 1. The maximum absolute atomic E-state index is 12.6. The van der Waals surface area contributed by atoms with Crippen molar-refractivity contribution >= 4 is 23.0 Å². The summed E-state index contributed by atoms with van der Waals surface area (Å²) in [4.78, 5) is 12.6. The number of benzene rings is 2. The van der Waals surface area contributed by atoms with Crippen LogP contribution in [0.25, 0.3) is 16.7 Å². The van der Waals surface area contributed by atoms with Gasteiger partial charge in [-0.3, -0.25) is 4.79 Å². The summed E-state index contributed by atoms with van der Waals surface area (Å²) in [5, 5.41) is 11.7. The number of Topliss-reactive ketones (excluding diaryl/α,β-unsaturated/α-hetero) is 1. The van der Waals surface area contributed by atoms with Crippen LogP contribution in [0.1, 0.15) is 57.1 Å². The van der Waals surface area contributed by atoms with Gasteiger partial charge in [-0.1, -0.05) is 49.9 Å². The number of carbonyl (C=O) groups is 1. The SMILES string of the molecule is COc1cccc(-c2cc(C)c(/C(C(C)=O)=C(\O)C3(C)CCCCC3)cc2Cl)c1. The molecule has 1 saturated carbocycles. The Labute approximate surface area is 178 Å². The molecule has 0 atom stereocenters. The number of hydrogen-bond donors (Lipinski definition) is 1. The van der Waals surface area contributed by atoms with Crippen molar-refractivity contribution in [2.45, 2.75) is 52.9 Å². The Morgan fingerprint density at radius 2 is 1.83 bits per heavy atom. The van der Waals surface area contributed by atoms with Gasteiger partial charge < -0.3 is 9.84 Å². The van der Waals surface area contributed by atoms with Crippen LogP contribution >= 0.6 is 11.6 Å². The molecule has 154 valence electrons. The molecule has 2 aromatic carbocycles. The van der Waals surface area contributed by atoms with E-state index in [1.165, 1.54) is 13.3 Å². The van der Waals surface area contributed by atoms with Crippen LogP contribution in [-0.2, 0) is 4.79 Å². The van der Waals surface area contributed by atoms with Crippen LogP contribution in [0, 0.1) is 12.3 Å². The molecule has 1 N–H and O–H groups in total. The van der Waals surface area contributed by atoms with Gasteiger partial charge in [0.2, 0.25) is 0 Å². The molecular weight excluding hydrogens is 384 g/mol. The molecule has 2 aromatic rings. The lowest BCUT2D eigenvalue weighted by molar-refractivity contribution is -0.112. The maximum Gasteiger partial charge on any atom is 0.163 e. The van der Waals surface area contributed by atoms with Crippen molar-refractivity contribution < 1.29 is 14.6 Å². The van der Waals surface area contributed by atoms with E-state index in [9.17, 15) is 9.90 Å². The second-order valence-corrected chi connectivity index (χ2v) is 8.69. The standard InChI is InChI=1S/C25H29ClO3/c1-16-13-21(18-9-8-10-19(14-18)29-4)22(26)15-20(16)23(17(2)27)24(28)25(3)11-6-5-7-12-25/h8-10,13-15,28H,5-7,11-12H2,1-4H3/b24-23-. The van der Waals surface area contributed by atoms with Gasteiger partial charge >= 0.3 is 0 Å². The minimum Gasteiger partial charge on any atom is -0.511 e. The molecule has 0 bridgehead atoms. The Kier molecular flexibility index (Phi) is 6.38. The van der Waals surface area contributed by atoms with Crippen molar-refractivity contribution in [1.29, 1.82) is 0 Å². The van der Waals surface area contributed by atoms with Crippen LogP contribution in [0.2, 0.25) is 5.02 Å². The second-order valence-electron chi connectivity index (χ2n) is 8.28. The van der Waals surface area contributed by atoms with Gasteiger partial charge in [-0.25, -0.2) is 0 Å². The third-order valence-electron chi connectivity index (χ3n) is 6.08. The van der Waals surface area contributed by atoms with E-state index in [0.717, 1.165) is 48.1 Å². The summed E-state index contributed by atoms with van der Waals surface area (Å²) >= 11 is 6.65. The predicted molar refractivity (Wildman–Crippen MR) is 120 cm³/mol. The fraction of sp³-hybridized carbons (Fsp3) is 0.400. The molecule has 0 aromatic heterocycles. The van der Waals surface area contributed by atoms with E-state index >= 15 is 0 Å². The van der Waals surface area contributed by atoms with Crippen LogP contribution in [0.3, 0.4) is 0 Å². The van der Waals surface area contributed by atoms with Gasteiger partial charge in [-0.15, -0.1) is 0 Å². The lowest BCUT2D eigenvalue weighted by Gasteiger charge is -2.34. The van der Waals surface area contributed by atoms with E-state index in [1.54, 1.807) is 7.11 Å². The molecule has 0 aliphatic heterocycles. The summed E-state index contributed by atoms with van der Waals surface area (Å²) in [5.41, 5.74) is 3.47. The lowest BCUT2D eigenvalue weighted by Crippen LogP contribution is -2.25. The van der Waals surface area contributed by atoms with Crippen LogP contribution < -0.4 is 4.74 Å². The number of allylic oxidation sites excluding steroid dienone is 2. The maximum atomic E-state index is 12.6. The van der Waals surface area contributed by atoms with Gasteiger partial charge in [0.15, 0.2) is 5.78 Å². The zero-order valence-corrected chi connectivity index (χ0v) is 18.4. The first kappa shape index (κ1) is 21.4. The Morgan fingerprint density at radius 3 is 2.45 bits per heavy atom. The van der Waals surface area contributed by atoms with Crippen LogP contribution in [0.4, 0.5) is 0 Å². The number of aliphatic hydroxyl groups is 1. The average molecular weight is 413 g/mol. The van der Waals surface area contributed by atoms with Gasteiger partial charge in [0.05, 0.1) is 12.7 Å². The molecule has 0 spiro atoms. The topological polar surface area (TPSA) is 46.5 Å². The van der Waals surface area contributed by atoms with Crippen molar-refractivity contribution in [3.63, 3.8) is 0 Å². The monoisotopic (exact) mass is 412 g/mol. The highest BCUT2D eigenvalue weighted by Crippen LogP contribution is 2.45. The summed E-state index contributed by atoms with van der Waals surface area (Å²) in [6.07, 6.45) is 5.10. The highest BCUT2D eigenvalue weighted by atomic mass is 35.5. The first-order valence-electron chi connectivity index (χ1n) is 10.2. The number of halogens is 1. The lowest BCUT2D eigenvalue weighted by atomic mass is 9.72. The third kappa shape index (κ3) is 4.35. The number of rotatable bonds is 5. The zero-order valence-electron chi connectivity index (χ0n) is 17.6. The largest absolute Gasteiger partial charge is 0.511 e. The fourth-order valence-corrected chi connectivity index (χ4v) is 4.59. The Hall–Kier alpha value is -2.26. The number of hydrogen-bond acceptors (Lipinski definition) is 3. The first-order valence-corrected chi connectivity index (χ1v) is 10.5. The van der Waals surface area contributed by atoms with Gasteiger partial charge in [-0.05, 0) is 67.6 Å². The highest BCUT2D eigenvalue weighted by Gasteiger charge is 2.35. The molecule has 1 aliphatic rings. The van der Waals surface area contributed by atoms with E-state index in [4.69, 9.17) is 16.3 Å². The summed E-state index contributed by atoms with van der Waals surface area (Å²) in [7, 11) is 1.63. The molecule has 1 aliphatic carbocycles. The highest BCUT2D eigenvalue weighted by molar-refractivity contribution is 6.34. The molecule has 0 heterocycles. The van der Waals surface area contributed by atoms with Crippen molar-refractivity contribution in [1.82, 2.24) is 0 Å². The van der Waals surface area contributed by atoms with E-state index in [1.807, 2.05) is 43.3 Å². The minimum atomic E-state index is -0.358. The molecule has 0 unspecified atom stereocenters. The molecular formula is C25H29ClO3. The number of carbonyl (C=O) groups excluding carboxylic acids is 1. The van der Waals surface area contributed by atoms with E-state index < -0.39 is 0 Å². The smallest absolute Gasteiger partial charge is 0.163 e. The third-order valence-corrected chi connectivity index (χ3v) is 6.39. The second kappa shape index (κ2) is 8.62. The van der Waals surface area contributed by atoms with E-state index in [0.29, 0.717) is 16.2 Å². The quantitative estimate of drug-likeness (QED) is 0.418. The molecule has 3 rings (SSSR count). The van der Waals surface area contributed by atoms with Gasteiger partial charge in [0, 0.05) is 16.0 Å². The summed E-state index contributed by atoms with van der Waals surface area (Å²) in [6.45, 7) is 5.53. The zero-order chi connectivity index (χ0) is 21.2. The molecule has 1 fully saturated rings. The minimum absolute atomic E-state index is 0.136. The number of ketones is 1. The number of aliphatic hydroxyl groups excluding tert-OH is 1. The first-order chi connectivity index (χ1) is 13.8. The number of ether oxygens (including phenoxy) is 1. The van der Waals surface area contributed by atoms with Gasteiger partial charge in [-0.2, -0.15) is 0 Å². The summed E-state index contributed by atoms with van der Waals surface area (Å²) in [6, 6.07) is 11.5. The van der Waals surface area contributed by atoms with Crippen LogP contribution in [0.5, 0.6) is 5.75 Å². The van der Waals surface area contributed by atoms with Crippen molar-refractivity contribution in [2.24, 2.45) is 5.41 Å². The molecule has 0 saturated heterocycles. The van der Waals surface area contributed by atoms with E-state index in [2.05, 4.69) is 6.92 Å². The summed E-state index contributed by atoms with van der Waals surface area (Å²) in [5.74, 6) is 0.827. The normalized spacial score (nSPS) is 16.9. The molecule has 29 heavy (non-hydrogen) atoms. The molecule has 4 heteroatoms. The Bertz CT molecular complexity index is 953. The Morgan fingerprint density at radius 1 is 1.14 bits per heavy atom. The molecule has 0 amide bonds.